The summed E-state index contributed by atoms with van der Waals surface area (Å²) in [5.74, 6) is -0.0639. The first-order valence-corrected chi connectivity index (χ1v) is 11.8. The highest BCUT2D eigenvalue weighted by atomic mass is 16.5. The molecular formula is C28H34N2O4. The summed E-state index contributed by atoms with van der Waals surface area (Å²) in [4.78, 5) is 24.5. The quantitative estimate of drug-likeness (QED) is 0.155. The fourth-order valence-corrected chi connectivity index (χ4v) is 4.15. The Hall–Kier alpha value is -3.54. The van der Waals surface area contributed by atoms with Crippen molar-refractivity contribution in [2.45, 2.75) is 57.7 Å². The van der Waals surface area contributed by atoms with Gasteiger partial charge in [-0.25, -0.2) is 9.59 Å². The molecule has 4 N–H and O–H groups in total. The second-order valence-corrected chi connectivity index (χ2v) is 8.79. The van der Waals surface area contributed by atoms with E-state index in [1.165, 1.54) is 18.9 Å². The van der Waals surface area contributed by atoms with Crippen LogP contribution in [0.2, 0.25) is 0 Å². The van der Waals surface area contributed by atoms with Gasteiger partial charge in [-0.15, -0.1) is 6.58 Å². The minimum atomic E-state index is -0.495. The molecule has 6 heteroatoms. The number of anilines is 2. The van der Waals surface area contributed by atoms with Crippen molar-refractivity contribution in [2.75, 3.05) is 11.5 Å². The predicted molar refractivity (Wildman–Crippen MR) is 136 cm³/mol. The van der Waals surface area contributed by atoms with Gasteiger partial charge in [-0.2, -0.15) is 0 Å². The van der Waals surface area contributed by atoms with Gasteiger partial charge in [0, 0.05) is 23.0 Å². The molecule has 2 aromatic carbocycles. The summed E-state index contributed by atoms with van der Waals surface area (Å²) in [6.45, 7) is 3.82. The van der Waals surface area contributed by atoms with Gasteiger partial charge in [0.1, 0.15) is 12.7 Å². The van der Waals surface area contributed by atoms with Crippen molar-refractivity contribution in [3.05, 3.63) is 77.9 Å². The van der Waals surface area contributed by atoms with E-state index >= 15 is 0 Å². The lowest BCUT2D eigenvalue weighted by molar-refractivity contribution is -0.138. The van der Waals surface area contributed by atoms with E-state index in [0.29, 0.717) is 22.5 Å². The molecule has 0 spiro atoms. The minimum absolute atomic E-state index is 0.00787. The van der Waals surface area contributed by atoms with Crippen LogP contribution < -0.4 is 11.5 Å². The van der Waals surface area contributed by atoms with E-state index in [1.807, 2.05) is 6.08 Å². The first-order valence-electron chi connectivity index (χ1n) is 11.8. The number of benzene rings is 2. The molecule has 0 heterocycles. The predicted octanol–water partition coefficient (Wildman–Crippen LogP) is 5.68. The fraction of sp³-hybridized carbons (Fsp3) is 0.357. The van der Waals surface area contributed by atoms with Crippen molar-refractivity contribution < 1.29 is 19.1 Å². The van der Waals surface area contributed by atoms with E-state index in [4.69, 9.17) is 20.9 Å². The lowest BCUT2D eigenvalue weighted by Crippen LogP contribution is -2.24. The summed E-state index contributed by atoms with van der Waals surface area (Å²) in [7, 11) is 0. The summed E-state index contributed by atoms with van der Waals surface area (Å²) in [5, 5.41) is 0. The minimum Gasteiger partial charge on any atom is -0.459 e. The number of nitrogens with two attached hydrogens (primary N) is 2. The molecule has 1 fully saturated rings. The maximum absolute atomic E-state index is 12.5. The van der Waals surface area contributed by atoms with Crippen LogP contribution in [0.3, 0.4) is 0 Å². The third kappa shape index (κ3) is 7.80. The van der Waals surface area contributed by atoms with E-state index in [2.05, 4.69) is 6.58 Å². The summed E-state index contributed by atoms with van der Waals surface area (Å²) < 4.78 is 10.9. The van der Waals surface area contributed by atoms with E-state index in [9.17, 15) is 9.59 Å². The van der Waals surface area contributed by atoms with Gasteiger partial charge in [0.15, 0.2) is 0 Å². The number of hydrogen-bond acceptors (Lipinski definition) is 6. The summed E-state index contributed by atoms with van der Waals surface area (Å²) >= 11 is 0. The second kappa shape index (κ2) is 12.6. The number of hydrogen-bond donors (Lipinski definition) is 2. The highest BCUT2D eigenvalue weighted by Crippen LogP contribution is 2.30. The Morgan fingerprint density at radius 3 is 2.47 bits per heavy atom. The Labute approximate surface area is 201 Å². The van der Waals surface area contributed by atoms with E-state index in [-0.39, 0.29) is 18.7 Å². The molecule has 0 amide bonds. The largest absolute Gasteiger partial charge is 0.459 e. The van der Waals surface area contributed by atoms with Crippen LogP contribution in [-0.4, -0.2) is 18.0 Å². The summed E-state index contributed by atoms with van der Waals surface area (Å²) in [6, 6.07) is 12.0. The number of nitrogen functional groups attached to an aromatic ring is 2. The van der Waals surface area contributed by atoms with E-state index in [1.54, 1.807) is 48.5 Å². The van der Waals surface area contributed by atoms with Crippen LogP contribution >= 0.6 is 0 Å². The number of unbranched alkanes of at least 4 members (excludes halogenated alkanes) is 1. The number of carbonyl (C=O) groups is 2. The molecular weight excluding hydrogens is 428 g/mol. The number of carbonyl (C=O) groups excluding carboxylic acids is 2. The van der Waals surface area contributed by atoms with Crippen molar-refractivity contribution >= 4 is 29.4 Å². The molecule has 0 aliphatic heterocycles. The summed E-state index contributed by atoms with van der Waals surface area (Å²) in [6.07, 6.45) is 12.5. The third-order valence-electron chi connectivity index (χ3n) is 6.18. The zero-order valence-corrected chi connectivity index (χ0v) is 19.6. The zero-order valence-electron chi connectivity index (χ0n) is 19.6. The van der Waals surface area contributed by atoms with E-state index in [0.717, 1.165) is 43.6 Å². The summed E-state index contributed by atoms with van der Waals surface area (Å²) in [5.41, 5.74) is 14.6. The number of esters is 2. The Morgan fingerprint density at radius 1 is 1.03 bits per heavy atom. The molecule has 1 saturated carbocycles. The van der Waals surface area contributed by atoms with Crippen LogP contribution in [0.15, 0.2) is 61.2 Å². The van der Waals surface area contributed by atoms with Crippen LogP contribution in [-0.2, 0) is 20.9 Å². The molecule has 1 aliphatic rings. The molecule has 0 atom stereocenters. The number of rotatable bonds is 10. The van der Waals surface area contributed by atoms with Crippen molar-refractivity contribution in [1.29, 1.82) is 0 Å². The highest BCUT2D eigenvalue weighted by molar-refractivity contribution is 5.90. The zero-order chi connectivity index (χ0) is 24.3. The van der Waals surface area contributed by atoms with Crippen molar-refractivity contribution in [3.8, 4) is 0 Å². The normalized spacial score (nSPS) is 17.9. The third-order valence-corrected chi connectivity index (χ3v) is 6.18. The smallest absolute Gasteiger partial charge is 0.338 e. The lowest BCUT2D eigenvalue weighted by atomic mass is 9.84. The molecule has 2 aromatic rings. The van der Waals surface area contributed by atoms with Crippen LogP contribution in [0.1, 0.15) is 66.4 Å². The maximum atomic E-state index is 12.5. The van der Waals surface area contributed by atoms with Gasteiger partial charge >= 0.3 is 11.9 Å². The first kappa shape index (κ1) is 25.1. The number of ether oxygens (including phenoxy) is 2. The molecule has 6 nitrogen and oxygen atoms in total. The molecule has 0 bridgehead atoms. The Kier molecular flexibility index (Phi) is 9.32. The number of allylic oxidation sites excluding steroid dienone is 1. The van der Waals surface area contributed by atoms with Crippen LogP contribution in [0.4, 0.5) is 11.4 Å². The van der Waals surface area contributed by atoms with Gasteiger partial charge in [-0.05, 0) is 86.4 Å². The molecule has 0 saturated heterocycles. The first-order chi connectivity index (χ1) is 16.4. The van der Waals surface area contributed by atoms with Gasteiger partial charge in [-0.1, -0.05) is 24.6 Å². The molecule has 0 aromatic heterocycles. The average Bonchev–Trinajstić information content (AvgIpc) is 2.85. The van der Waals surface area contributed by atoms with Crippen LogP contribution in [0, 0.1) is 5.92 Å². The molecule has 180 valence electrons. The van der Waals surface area contributed by atoms with Crippen molar-refractivity contribution in [2.24, 2.45) is 5.92 Å². The van der Waals surface area contributed by atoms with Gasteiger partial charge in [0.05, 0.1) is 5.56 Å². The Morgan fingerprint density at radius 2 is 1.76 bits per heavy atom. The van der Waals surface area contributed by atoms with E-state index < -0.39 is 5.97 Å². The molecule has 3 rings (SSSR count). The molecule has 34 heavy (non-hydrogen) atoms. The second-order valence-electron chi connectivity index (χ2n) is 8.79. The Bertz CT molecular complexity index is 1010. The van der Waals surface area contributed by atoms with Crippen molar-refractivity contribution in [1.82, 2.24) is 0 Å². The lowest BCUT2D eigenvalue weighted by Gasteiger charge is -2.28. The van der Waals surface area contributed by atoms with Gasteiger partial charge in [-0.3, -0.25) is 0 Å². The maximum Gasteiger partial charge on any atom is 0.338 e. The topological polar surface area (TPSA) is 105 Å². The Balaban J connectivity index is 1.43. The fourth-order valence-electron chi connectivity index (χ4n) is 4.15. The van der Waals surface area contributed by atoms with Crippen LogP contribution in [0.25, 0.3) is 6.08 Å². The average molecular weight is 463 g/mol. The SMILES string of the molecule is C=CCCCC1CCC(OC(=O)c2ccc(/C=C/C(=O)OCc3cc(N)ccc3N)cc2)CC1. The van der Waals surface area contributed by atoms with Gasteiger partial charge < -0.3 is 20.9 Å². The van der Waals surface area contributed by atoms with Crippen LogP contribution in [0.5, 0.6) is 0 Å². The molecule has 0 unspecified atom stereocenters. The van der Waals surface area contributed by atoms with Gasteiger partial charge in [0.2, 0.25) is 0 Å². The molecule has 0 radical (unpaired) electrons. The monoisotopic (exact) mass is 462 g/mol. The standard InChI is InChI=1S/C28H34N2O4/c1-2-3-4-5-20-8-14-25(15-9-20)34-28(32)22-11-6-21(7-12-22)10-17-27(31)33-19-23-18-24(29)13-16-26(23)30/h2,6-7,10-13,16-18,20,25H,1,3-5,8-9,14-15,19,29-30H2/b17-10+. The highest BCUT2D eigenvalue weighted by Gasteiger charge is 2.24. The van der Waals surface area contributed by atoms with Gasteiger partial charge in [0.25, 0.3) is 0 Å². The van der Waals surface area contributed by atoms with Crippen molar-refractivity contribution in [3.63, 3.8) is 0 Å². The molecule has 1 aliphatic carbocycles.